The zero-order chi connectivity index (χ0) is 19.0. The van der Waals surface area contributed by atoms with Crippen molar-refractivity contribution < 1.29 is 18.0 Å². The van der Waals surface area contributed by atoms with Gasteiger partial charge in [0.15, 0.2) is 5.65 Å². The molecule has 1 N–H and O–H groups in total. The van der Waals surface area contributed by atoms with E-state index in [1.54, 1.807) is 21.5 Å². The normalized spacial score (nSPS) is 19.7. The predicted octanol–water partition coefficient (Wildman–Crippen LogP) is 3.12. The fourth-order valence-electron chi connectivity index (χ4n) is 3.52. The summed E-state index contributed by atoms with van der Waals surface area (Å²) in [6.45, 7) is 0.189. The van der Waals surface area contributed by atoms with Crippen molar-refractivity contribution >= 4 is 17.4 Å². The molecule has 0 radical (unpaired) electrons. The highest BCUT2D eigenvalue weighted by Gasteiger charge is 2.34. The second kappa shape index (κ2) is 7.21. The molecule has 1 saturated carbocycles. The molecule has 1 aliphatic heterocycles. The summed E-state index contributed by atoms with van der Waals surface area (Å²) in [5.74, 6) is 0.247. The highest BCUT2D eigenvalue weighted by atomic mass is 19.3. The Kier molecular flexibility index (Phi) is 4.75. The van der Waals surface area contributed by atoms with E-state index < -0.39 is 18.7 Å². The fraction of sp³-hybridized carbons (Fsp3) is 0.500. The number of hydrogen-bond acceptors (Lipinski definition) is 4. The van der Waals surface area contributed by atoms with Crippen molar-refractivity contribution in [1.82, 2.24) is 19.5 Å². The van der Waals surface area contributed by atoms with E-state index in [0.717, 1.165) is 30.3 Å². The molecular weight excluding hydrogens is 359 g/mol. The Morgan fingerprint density at radius 3 is 2.85 bits per heavy atom. The molecule has 0 spiro atoms. The molecule has 2 aromatic rings. The number of carbonyl (C=O) groups excluding carboxylic acids is 1. The number of halogens is 3. The molecular formula is C18H20F3N5O. The lowest BCUT2D eigenvalue weighted by atomic mass is 10.1. The Labute approximate surface area is 154 Å². The highest BCUT2D eigenvalue weighted by Crippen LogP contribution is 2.42. The molecule has 1 saturated heterocycles. The Morgan fingerprint density at radius 2 is 2.15 bits per heavy atom. The first-order chi connectivity index (χ1) is 13.0. The van der Waals surface area contributed by atoms with E-state index in [1.165, 1.54) is 0 Å². The number of alkyl halides is 1. The summed E-state index contributed by atoms with van der Waals surface area (Å²) >= 11 is 0. The van der Waals surface area contributed by atoms with E-state index in [9.17, 15) is 18.0 Å². The summed E-state index contributed by atoms with van der Waals surface area (Å²) in [5, 5.41) is 7.38. The second-order valence-electron chi connectivity index (χ2n) is 7.02. The topological polar surface area (TPSA) is 62.5 Å². The second-order valence-corrected chi connectivity index (χ2v) is 7.02. The van der Waals surface area contributed by atoms with Crippen LogP contribution in [0.3, 0.4) is 0 Å². The van der Waals surface area contributed by atoms with Crippen LogP contribution in [0.1, 0.15) is 36.6 Å². The monoisotopic (exact) mass is 379 g/mol. The fourth-order valence-corrected chi connectivity index (χ4v) is 3.52. The maximum atomic E-state index is 12.5. The number of nitrogens with one attached hydrogen (secondary N) is 1. The van der Waals surface area contributed by atoms with Gasteiger partial charge in [-0.15, -0.1) is 5.10 Å². The molecule has 0 bridgehead atoms. The van der Waals surface area contributed by atoms with Gasteiger partial charge in [-0.05, 0) is 31.1 Å². The Hall–Kier alpha value is -2.58. The van der Waals surface area contributed by atoms with Crippen molar-refractivity contribution in [2.24, 2.45) is 5.92 Å². The summed E-state index contributed by atoms with van der Waals surface area (Å²) < 4.78 is 39.1. The van der Waals surface area contributed by atoms with Gasteiger partial charge < -0.3 is 10.2 Å². The SMILES string of the molecule is O=C1CC(C=C(F)F)CN1Cc1c(C2CC2)nc2ccc(NCCF)nn12. The van der Waals surface area contributed by atoms with Crippen molar-refractivity contribution in [3.8, 4) is 0 Å². The van der Waals surface area contributed by atoms with Gasteiger partial charge in [0.1, 0.15) is 12.5 Å². The average Bonchev–Trinajstić information content (AvgIpc) is 3.33. The van der Waals surface area contributed by atoms with Crippen molar-refractivity contribution in [2.45, 2.75) is 31.7 Å². The van der Waals surface area contributed by atoms with Crippen LogP contribution in [0.4, 0.5) is 19.0 Å². The Bertz CT molecular complexity index is 888. The highest BCUT2D eigenvalue weighted by molar-refractivity contribution is 5.79. The van der Waals surface area contributed by atoms with Gasteiger partial charge in [-0.25, -0.2) is 13.9 Å². The Morgan fingerprint density at radius 1 is 1.33 bits per heavy atom. The maximum absolute atomic E-state index is 12.5. The molecule has 144 valence electrons. The standard InChI is InChI=1S/C18H20F3N5O/c19-5-6-22-15-3-4-16-23-18(12-1-2-12)13(26(16)24-15)10-25-9-11(7-14(20)21)8-17(25)27/h3-4,7,11-12H,1-2,5-6,8-10H2,(H,22,24). The third kappa shape index (κ3) is 3.77. The summed E-state index contributed by atoms with van der Waals surface area (Å²) in [6.07, 6.45) is 1.26. The molecule has 2 aliphatic rings. The molecule has 3 heterocycles. The predicted molar refractivity (Wildman–Crippen MR) is 93.2 cm³/mol. The quantitative estimate of drug-likeness (QED) is 0.803. The van der Waals surface area contributed by atoms with Crippen LogP contribution in [-0.2, 0) is 11.3 Å². The van der Waals surface area contributed by atoms with Gasteiger partial charge in [-0.1, -0.05) is 0 Å². The van der Waals surface area contributed by atoms with Crippen LogP contribution in [0, 0.1) is 5.92 Å². The van der Waals surface area contributed by atoms with Gasteiger partial charge in [0.05, 0.1) is 17.9 Å². The van der Waals surface area contributed by atoms with Crippen LogP contribution in [0.2, 0.25) is 0 Å². The van der Waals surface area contributed by atoms with Crippen molar-refractivity contribution in [3.05, 3.63) is 35.7 Å². The molecule has 1 amide bonds. The number of anilines is 1. The van der Waals surface area contributed by atoms with E-state index in [1.807, 2.05) is 0 Å². The van der Waals surface area contributed by atoms with Gasteiger partial charge in [0, 0.05) is 31.3 Å². The van der Waals surface area contributed by atoms with Crippen LogP contribution >= 0.6 is 0 Å². The Balaban J connectivity index is 1.64. The van der Waals surface area contributed by atoms with Gasteiger partial charge in [-0.2, -0.15) is 8.78 Å². The van der Waals surface area contributed by atoms with E-state index in [0.29, 0.717) is 17.4 Å². The van der Waals surface area contributed by atoms with Gasteiger partial charge in [0.25, 0.3) is 6.08 Å². The average molecular weight is 379 g/mol. The van der Waals surface area contributed by atoms with Crippen LogP contribution < -0.4 is 5.32 Å². The molecule has 1 aliphatic carbocycles. The summed E-state index contributed by atoms with van der Waals surface area (Å²) in [7, 11) is 0. The lowest BCUT2D eigenvalue weighted by Gasteiger charge is -2.16. The lowest BCUT2D eigenvalue weighted by Crippen LogP contribution is -2.26. The van der Waals surface area contributed by atoms with E-state index in [2.05, 4.69) is 15.4 Å². The summed E-state index contributed by atoms with van der Waals surface area (Å²) in [5.41, 5.74) is 2.37. The molecule has 4 rings (SSSR count). The number of rotatable bonds is 7. The van der Waals surface area contributed by atoms with Crippen molar-refractivity contribution in [2.75, 3.05) is 25.1 Å². The summed E-state index contributed by atoms with van der Waals surface area (Å²) in [6, 6.07) is 3.54. The van der Waals surface area contributed by atoms with Gasteiger partial charge in [-0.3, -0.25) is 4.79 Å². The van der Waals surface area contributed by atoms with Crippen LogP contribution in [0.5, 0.6) is 0 Å². The van der Waals surface area contributed by atoms with Crippen molar-refractivity contribution in [1.29, 1.82) is 0 Å². The third-order valence-electron chi connectivity index (χ3n) is 4.91. The first-order valence-electron chi connectivity index (χ1n) is 9.04. The van der Waals surface area contributed by atoms with Crippen LogP contribution in [0.25, 0.3) is 5.65 Å². The molecule has 2 fully saturated rings. The van der Waals surface area contributed by atoms with Crippen LogP contribution in [0.15, 0.2) is 24.3 Å². The molecule has 2 aromatic heterocycles. The minimum Gasteiger partial charge on any atom is -0.366 e. The lowest BCUT2D eigenvalue weighted by molar-refractivity contribution is -0.128. The molecule has 1 unspecified atom stereocenters. The molecule has 1 atom stereocenters. The van der Waals surface area contributed by atoms with Gasteiger partial charge in [0.2, 0.25) is 5.91 Å². The van der Waals surface area contributed by atoms with E-state index >= 15 is 0 Å². The number of hydrogen-bond donors (Lipinski definition) is 1. The van der Waals surface area contributed by atoms with Crippen molar-refractivity contribution in [3.63, 3.8) is 0 Å². The zero-order valence-electron chi connectivity index (χ0n) is 14.7. The number of imidazole rings is 1. The first kappa shape index (κ1) is 17.8. The molecule has 6 nitrogen and oxygen atoms in total. The smallest absolute Gasteiger partial charge is 0.266 e. The summed E-state index contributed by atoms with van der Waals surface area (Å²) in [4.78, 5) is 18.5. The minimum atomic E-state index is -1.76. The number of amides is 1. The molecule has 27 heavy (non-hydrogen) atoms. The zero-order valence-corrected chi connectivity index (χ0v) is 14.7. The number of aromatic nitrogens is 3. The minimum absolute atomic E-state index is 0.0869. The molecule has 0 aromatic carbocycles. The molecule has 9 heteroatoms. The first-order valence-corrected chi connectivity index (χ1v) is 9.04. The number of nitrogens with zero attached hydrogens (tertiary/aromatic N) is 4. The van der Waals surface area contributed by atoms with Crippen LogP contribution in [-0.4, -0.2) is 45.2 Å². The largest absolute Gasteiger partial charge is 0.366 e. The number of fused-ring (bicyclic) bond motifs is 1. The van der Waals surface area contributed by atoms with E-state index in [4.69, 9.17) is 0 Å². The number of carbonyl (C=O) groups is 1. The van der Waals surface area contributed by atoms with Gasteiger partial charge >= 0.3 is 0 Å². The number of likely N-dealkylation sites (tertiary alicyclic amines) is 1. The third-order valence-corrected chi connectivity index (χ3v) is 4.91. The maximum Gasteiger partial charge on any atom is 0.266 e. The van der Waals surface area contributed by atoms with E-state index in [-0.39, 0.29) is 32.0 Å².